The molecule has 0 heterocycles. The Labute approximate surface area is 127 Å². The minimum absolute atomic E-state index is 0.534. The molecule has 0 amide bonds. The highest BCUT2D eigenvalue weighted by atomic mass is 16.5. The molecule has 3 rings (SSSR count). The summed E-state index contributed by atoms with van der Waals surface area (Å²) >= 11 is 0. The lowest BCUT2D eigenvalue weighted by molar-refractivity contribution is 0.405. The summed E-state index contributed by atoms with van der Waals surface area (Å²) in [6, 6.07) is 13.1. The fourth-order valence-corrected chi connectivity index (χ4v) is 3.41. The van der Waals surface area contributed by atoms with Crippen molar-refractivity contribution in [1.29, 1.82) is 0 Å². The molecule has 2 aromatic rings. The minimum atomic E-state index is 0.534. The van der Waals surface area contributed by atoms with Gasteiger partial charge in [-0.1, -0.05) is 54.1 Å². The van der Waals surface area contributed by atoms with E-state index in [9.17, 15) is 0 Å². The molecule has 108 valence electrons. The summed E-state index contributed by atoms with van der Waals surface area (Å²) in [5, 5.41) is 0. The third-order valence-electron chi connectivity index (χ3n) is 4.33. The van der Waals surface area contributed by atoms with Gasteiger partial charge in [-0.15, -0.1) is 0 Å². The van der Waals surface area contributed by atoms with Gasteiger partial charge in [0.05, 0.1) is 7.11 Å². The molecular weight excluding hydrogens is 256 g/mol. The maximum atomic E-state index is 5.60. The molecule has 1 aliphatic carbocycles. The van der Waals surface area contributed by atoms with Gasteiger partial charge in [0.15, 0.2) is 0 Å². The fourth-order valence-electron chi connectivity index (χ4n) is 3.41. The van der Waals surface area contributed by atoms with Crippen LogP contribution in [0.25, 0.3) is 6.08 Å². The van der Waals surface area contributed by atoms with E-state index in [4.69, 9.17) is 4.74 Å². The van der Waals surface area contributed by atoms with Gasteiger partial charge >= 0.3 is 0 Å². The average Bonchev–Trinajstić information content (AvgIpc) is 2.88. The third kappa shape index (κ3) is 2.73. The zero-order valence-electron chi connectivity index (χ0n) is 13.0. The normalized spacial score (nSPS) is 16.0. The number of rotatable bonds is 4. The van der Waals surface area contributed by atoms with E-state index >= 15 is 0 Å². The van der Waals surface area contributed by atoms with Crippen molar-refractivity contribution in [3.8, 4) is 5.75 Å². The predicted molar refractivity (Wildman–Crippen MR) is 89.0 cm³/mol. The monoisotopic (exact) mass is 278 g/mol. The lowest BCUT2D eigenvalue weighted by atomic mass is 9.92. The van der Waals surface area contributed by atoms with Crippen molar-refractivity contribution in [3.63, 3.8) is 0 Å². The van der Waals surface area contributed by atoms with E-state index in [1.165, 1.54) is 27.8 Å². The molecule has 0 spiro atoms. The summed E-state index contributed by atoms with van der Waals surface area (Å²) in [4.78, 5) is 0. The summed E-state index contributed by atoms with van der Waals surface area (Å²) in [7, 11) is 1.77. The van der Waals surface area contributed by atoms with Crippen molar-refractivity contribution >= 4 is 6.08 Å². The molecular formula is C20H22O. The highest BCUT2D eigenvalue weighted by Gasteiger charge is 2.17. The summed E-state index contributed by atoms with van der Waals surface area (Å²) in [6.45, 7) is 4.28. The molecule has 0 fully saturated rings. The number of aryl methyl sites for hydroxylation is 3. The predicted octanol–water partition coefficient (Wildman–Crippen LogP) is 5.06. The second kappa shape index (κ2) is 5.77. The van der Waals surface area contributed by atoms with E-state index in [0.29, 0.717) is 5.92 Å². The standard InChI is InChI=1S/C20H22O/c1-14-12-15(2)20(21-3)18(13-14)11-10-17-9-8-16-6-4-5-7-19(16)17/h4-9,12-13,17H,10-11H2,1-3H3. The van der Waals surface area contributed by atoms with E-state index in [1.807, 2.05) is 0 Å². The van der Waals surface area contributed by atoms with Gasteiger partial charge in [0.2, 0.25) is 0 Å². The summed E-state index contributed by atoms with van der Waals surface area (Å²) < 4.78 is 5.60. The second-order valence-electron chi connectivity index (χ2n) is 5.91. The van der Waals surface area contributed by atoms with Crippen molar-refractivity contribution in [2.75, 3.05) is 7.11 Å². The lowest BCUT2D eigenvalue weighted by Gasteiger charge is -2.15. The second-order valence-corrected chi connectivity index (χ2v) is 5.91. The van der Waals surface area contributed by atoms with Gasteiger partial charge in [-0.3, -0.25) is 0 Å². The van der Waals surface area contributed by atoms with Crippen LogP contribution in [0.3, 0.4) is 0 Å². The van der Waals surface area contributed by atoms with Crippen LogP contribution < -0.4 is 4.74 Å². The molecule has 1 aliphatic rings. The van der Waals surface area contributed by atoms with Crippen LogP contribution in [0.2, 0.25) is 0 Å². The molecule has 1 nitrogen and oxygen atoms in total. The number of fused-ring (bicyclic) bond motifs is 1. The zero-order chi connectivity index (χ0) is 14.8. The smallest absolute Gasteiger partial charge is 0.124 e. The molecule has 0 aromatic heterocycles. The Hall–Kier alpha value is -2.02. The first-order valence-corrected chi connectivity index (χ1v) is 7.60. The van der Waals surface area contributed by atoms with E-state index in [2.05, 4.69) is 62.4 Å². The molecule has 1 heteroatoms. The van der Waals surface area contributed by atoms with Gasteiger partial charge in [0.25, 0.3) is 0 Å². The maximum absolute atomic E-state index is 5.60. The van der Waals surface area contributed by atoms with Gasteiger partial charge < -0.3 is 4.74 Å². The van der Waals surface area contributed by atoms with Gasteiger partial charge in [-0.25, -0.2) is 0 Å². The van der Waals surface area contributed by atoms with E-state index in [1.54, 1.807) is 7.11 Å². The van der Waals surface area contributed by atoms with Crippen molar-refractivity contribution in [1.82, 2.24) is 0 Å². The number of ether oxygens (including phenoxy) is 1. The molecule has 0 saturated heterocycles. The van der Waals surface area contributed by atoms with Gasteiger partial charge in [-0.2, -0.15) is 0 Å². The Kier molecular flexibility index (Phi) is 3.83. The lowest BCUT2D eigenvalue weighted by Crippen LogP contribution is -2.00. The molecule has 0 N–H and O–H groups in total. The SMILES string of the molecule is COc1c(C)cc(C)cc1CCC1C=Cc2ccccc21. The molecule has 0 radical (unpaired) electrons. The highest BCUT2D eigenvalue weighted by Crippen LogP contribution is 2.35. The topological polar surface area (TPSA) is 9.23 Å². The largest absolute Gasteiger partial charge is 0.496 e. The first-order chi connectivity index (χ1) is 10.2. The Bertz CT molecular complexity index is 682. The van der Waals surface area contributed by atoms with Crippen LogP contribution in [0.15, 0.2) is 42.5 Å². The quantitative estimate of drug-likeness (QED) is 0.760. The summed E-state index contributed by atoms with van der Waals surface area (Å²) in [5.74, 6) is 1.59. The maximum Gasteiger partial charge on any atom is 0.124 e. The van der Waals surface area contributed by atoms with Crippen LogP contribution in [-0.4, -0.2) is 7.11 Å². The number of benzene rings is 2. The molecule has 0 bridgehead atoms. The van der Waals surface area contributed by atoms with Crippen LogP contribution in [-0.2, 0) is 6.42 Å². The zero-order valence-corrected chi connectivity index (χ0v) is 13.0. The average molecular weight is 278 g/mol. The number of hydrogen-bond donors (Lipinski definition) is 0. The van der Waals surface area contributed by atoms with Crippen molar-refractivity contribution in [2.45, 2.75) is 32.6 Å². The van der Waals surface area contributed by atoms with Gasteiger partial charge in [-0.05, 0) is 48.9 Å². The summed E-state index contributed by atoms with van der Waals surface area (Å²) in [6.07, 6.45) is 6.76. The molecule has 2 aromatic carbocycles. The third-order valence-corrected chi connectivity index (χ3v) is 4.33. The van der Waals surface area contributed by atoms with Crippen molar-refractivity contribution < 1.29 is 4.74 Å². The van der Waals surface area contributed by atoms with Gasteiger partial charge in [0, 0.05) is 5.92 Å². The van der Waals surface area contributed by atoms with E-state index in [0.717, 1.165) is 18.6 Å². The number of allylic oxidation sites excluding steroid dienone is 1. The van der Waals surface area contributed by atoms with Crippen LogP contribution in [0.4, 0.5) is 0 Å². The first kappa shape index (κ1) is 13.9. The number of methoxy groups -OCH3 is 1. The van der Waals surface area contributed by atoms with E-state index in [-0.39, 0.29) is 0 Å². The van der Waals surface area contributed by atoms with Crippen LogP contribution >= 0.6 is 0 Å². The van der Waals surface area contributed by atoms with E-state index < -0.39 is 0 Å². The summed E-state index contributed by atoms with van der Waals surface area (Å²) in [5.41, 5.74) is 6.70. The van der Waals surface area contributed by atoms with Crippen LogP contribution in [0, 0.1) is 13.8 Å². The Morgan fingerprint density at radius 1 is 1.10 bits per heavy atom. The fraction of sp³-hybridized carbons (Fsp3) is 0.300. The Morgan fingerprint density at radius 3 is 2.71 bits per heavy atom. The molecule has 1 unspecified atom stereocenters. The number of hydrogen-bond acceptors (Lipinski definition) is 1. The Balaban J connectivity index is 1.79. The van der Waals surface area contributed by atoms with Crippen molar-refractivity contribution in [3.05, 3.63) is 70.3 Å². The first-order valence-electron chi connectivity index (χ1n) is 7.60. The molecule has 21 heavy (non-hydrogen) atoms. The minimum Gasteiger partial charge on any atom is -0.496 e. The molecule has 0 aliphatic heterocycles. The highest BCUT2D eigenvalue weighted by molar-refractivity contribution is 5.62. The van der Waals surface area contributed by atoms with Crippen LogP contribution in [0.1, 0.15) is 40.2 Å². The van der Waals surface area contributed by atoms with Crippen molar-refractivity contribution in [2.24, 2.45) is 0 Å². The molecule has 1 atom stereocenters. The molecule has 0 saturated carbocycles. The van der Waals surface area contributed by atoms with Gasteiger partial charge in [0.1, 0.15) is 5.75 Å². The van der Waals surface area contributed by atoms with Crippen LogP contribution in [0.5, 0.6) is 5.75 Å². The Morgan fingerprint density at radius 2 is 1.90 bits per heavy atom.